The van der Waals surface area contributed by atoms with Gasteiger partial charge in [0, 0.05) is 18.5 Å². The fraction of sp³-hybridized carbons (Fsp3) is 0.824. The minimum Gasteiger partial charge on any atom is -0.257 e. The molecule has 1 aliphatic carbocycles. The van der Waals surface area contributed by atoms with Gasteiger partial charge in [0.2, 0.25) is 0 Å². The average Bonchev–Trinajstić information content (AvgIpc) is 2.65. The molecule has 1 aromatic heterocycles. The van der Waals surface area contributed by atoms with E-state index in [0.717, 1.165) is 23.2 Å². The fourth-order valence-electron chi connectivity index (χ4n) is 3.70. The van der Waals surface area contributed by atoms with Crippen molar-refractivity contribution in [1.82, 2.24) is 9.78 Å². The number of aryl methyl sites for hydroxylation is 2. The molecule has 120 valence electrons. The third-order valence-electron chi connectivity index (χ3n) is 5.38. The molecule has 0 N–H and O–H groups in total. The molecule has 1 fully saturated rings. The maximum absolute atomic E-state index is 6.41. The summed E-state index contributed by atoms with van der Waals surface area (Å²) in [6.45, 7) is 9.11. The standard InChI is InChI=1S/C17H28Cl2N2/c1-12-14(15(19)21(5)20-12)10-17(11-18)8-6-13(7-9-17)16(2,3)4/h13H,6-11H2,1-5H3. The molecule has 1 saturated carbocycles. The van der Waals surface area contributed by atoms with Crippen molar-refractivity contribution in [2.24, 2.45) is 23.8 Å². The molecule has 0 unspecified atom stereocenters. The lowest BCUT2D eigenvalue weighted by molar-refractivity contribution is 0.102. The Morgan fingerprint density at radius 3 is 2.24 bits per heavy atom. The zero-order valence-corrected chi connectivity index (χ0v) is 15.5. The van der Waals surface area contributed by atoms with E-state index in [1.165, 1.54) is 31.2 Å². The lowest BCUT2D eigenvalue weighted by Crippen LogP contribution is -2.35. The van der Waals surface area contributed by atoms with Gasteiger partial charge in [-0.2, -0.15) is 5.10 Å². The molecule has 1 heterocycles. The molecule has 0 bridgehead atoms. The summed E-state index contributed by atoms with van der Waals surface area (Å²) in [5, 5.41) is 5.21. The second-order valence-electron chi connectivity index (χ2n) is 7.93. The molecule has 1 aliphatic rings. The van der Waals surface area contributed by atoms with E-state index in [1.54, 1.807) is 4.68 Å². The first-order valence-corrected chi connectivity index (χ1v) is 8.84. The first-order valence-electron chi connectivity index (χ1n) is 7.92. The highest BCUT2D eigenvalue weighted by Crippen LogP contribution is 2.48. The van der Waals surface area contributed by atoms with Crippen molar-refractivity contribution < 1.29 is 0 Å². The Kier molecular flexibility index (Phi) is 5.00. The highest BCUT2D eigenvalue weighted by molar-refractivity contribution is 6.30. The van der Waals surface area contributed by atoms with Crippen LogP contribution < -0.4 is 0 Å². The number of alkyl halides is 1. The van der Waals surface area contributed by atoms with Crippen LogP contribution in [0.15, 0.2) is 0 Å². The first kappa shape index (κ1) is 17.1. The molecule has 2 rings (SSSR count). The van der Waals surface area contributed by atoms with Gasteiger partial charge in [0.15, 0.2) is 0 Å². The predicted molar refractivity (Wildman–Crippen MR) is 91.2 cm³/mol. The largest absolute Gasteiger partial charge is 0.257 e. The fourth-order valence-corrected chi connectivity index (χ4v) is 4.31. The van der Waals surface area contributed by atoms with Crippen molar-refractivity contribution in [3.8, 4) is 0 Å². The van der Waals surface area contributed by atoms with E-state index < -0.39 is 0 Å². The molecule has 0 radical (unpaired) electrons. The number of nitrogens with zero attached hydrogens (tertiary/aromatic N) is 2. The van der Waals surface area contributed by atoms with Gasteiger partial charge >= 0.3 is 0 Å². The molecule has 0 aromatic carbocycles. The summed E-state index contributed by atoms with van der Waals surface area (Å²) >= 11 is 12.8. The molecule has 0 amide bonds. The molecule has 0 saturated heterocycles. The molecule has 0 spiro atoms. The van der Waals surface area contributed by atoms with Gasteiger partial charge < -0.3 is 0 Å². The van der Waals surface area contributed by atoms with E-state index in [9.17, 15) is 0 Å². The number of aromatic nitrogens is 2. The van der Waals surface area contributed by atoms with Gasteiger partial charge in [0.05, 0.1) is 5.69 Å². The summed E-state index contributed by atoms with van der Waals surface area (Å²) in [4.78, 5) is 0. The summed E-state index contributed by atoms with van der Waals surface area (Å²) in [6, 6.07) is 0. The zero-order valence-electron chi connectivity index (χ0n) is 14.0. The van der Waals surface area contributed by atoms with Gasteiger partial charge in [-0.15, -0.1) is 11.6 Å². The van der Waals surface area contributed by atoms with E-state index >= 15 is 0 Å². The smallest absolute Gasteiger partial charge is 0.130 e. The van der Waals surface area contributed by atoms with Crippen LogP contribution in [0.3, 0.4) is 0 Å². The normalized spacial score (nSPS) is 27.1. The highest BCUT2D eigenvalue weighted by Gasteiger charge is 2.39. The molecule has 1 aromatic rings. The van der Waals surface area contributed by atoms with Gasteiger partial charge in [-0.3, -0.25) is 4.68 Å². The van der Waals surface area contributed by atoms with Crippen LogP contribution in [0.2, 0.25) is 5.15 Å². The van der Waals surface area contributed by atoms with Crippen molar-refractivity contribution >= 4 is 23.2 Å². The van der Waals surface area contributed by atoms with Gasteiger partial charge in [0.25, 0.3) is 0 Å². The maximum atomic E-state index is 6.41. The number of halogens is 2. The van der Waals surface area contributed by atoms with Crippen LogP contribution in [0.25, 0.3) is 0 Å². The Bertz CT molecular complexity index is 492. The van der Waals surface area contributed by atoms with Crippen LogP contribution in [-0.2, 0) is 13.5 Å². The highest BCUT2D eigenvalue weighted by atomic mass is 35.5. The lowest BCUT2D eigenvalue weighted by Gasteiger charge is -2.43. The molecule has 0 aliphatic heterocycles. The quantitative estimate of drug-likeness (QED) is 0.679. The summed E-state index contributed by atoms with van der Waals surface area (Å²) in [7, 11) is 1.91. The third-order valence-corrected chi connectivity index (χ3v) is 6.42. The number of rotatable bonds is 3. The summed E-state index contributed by atoms with van der Waals surface area (Å²) in [5.74, 6) is 1.52. The monoisotopic (exact) mass is 330 g/mol. The summed E-state index contributed by atoms with van der Waals surface area (Å²) in [6.07, 6.45) is 5.90. The Hall–Kier alpha value is -0.210. The second-order valence-corrected chi connectivity index (χ2v) is 8.55. The van der Waals surface area contributed by atoms with Crippen LogP contribution in [0.4, 0.5) is 0 Å². The SMILES string of the molecule is Cc1nn(C)c(Cl)c1CC1(CCl)CCC(C(C)(C)C)CC1. The van der Waals surface area contributed by atoms with E-state index in [0.29, 0.717) is 11.3 Å². The second kappa shape index (κ2) is 6.12. The van der Waals surface area contributed by atoms with Crippen LogP contribution in [0.1, 0.15) is 57.7 Å². The molecule has 21 heavy (non-hydrogen) atoms. The van der Waals surface area contributed by atoms with E-state index in [2.05, 4.69) is 25.9 Å². The average molecular weight is 331 g/mol. The topological polar surface area (TPSA) is 17.8 Å². The molecule has 4 heteroatoms. The van der Waals surface area contributed by atoms with Gasteiger partial charge in [0.1, 0.15) is 5.15 Å². The van der Waals surface area contributed by atoms with Crippen molar-refractivity contribution in [2.45, 2.75) is 59.8 Å². The van der Waals surface area contributed by atoms with Crippen molar-refractivity contribution in [1.29, 1.82) is 0 Å². The lowest BCUT2D eigenvalue weighted by atomic mass is 9.63. The van der Waals surface area contributed by atoms with Crippen LogP contribution in [0, 0.1) is 23.7 Å². The first-order chi connectivity index (χ1) is 9.68. The Labute approximate surface area is 139 Å². The molecule has 0 atom stereocenters. The Morgan fingerprint density at radius 2 is 1.86 bits per heavy atom. The van der Waals surface area contributed by atoms with E-state index in [4.69, 9.17) is 23.2 Å². The predicted octanol–water partition coefficient (Wildman–Crippen LogP) is 5.39. The summed E-state index contributed by atoms with van der Waals surface area (Å²) in [5.41, 5.74) is 2.83. The number of hydrogen-bond donors (Lipinski definition) is 0. The minimum atomic E-state index is 0.195. The van der Waals surface area contributed by atoms with Gasteiger partial charge in [-0.05, 0) is 55.8 Å². The minimum absolute atomic E-state index is 0.195. The van der Waals surface area contributed by atoms with Crippen molar-refractivity contribution in [3.05, 3.63) is 16.4 Å². The number of hydrogen-bond acceptors (Lipinski definition) is 1. The van der Waals surface area contributed by atoms with Crippen molar-refractivity contribution in [2.75, 3.05) is 5.88 Å². The molecular weight excluding hydrogens is 303 g/mol. The maximum Gasteiger partial charge on any atom is 0.130 e. The molecular formula is C17H28Cl2N2. The van der Waals surface area contributed by atoms with Gasteiger partial charge in [-0.1, -0.05) is 32.4 Å². The van der Waals surface area contributed by atoms with Crippen LogP contribution in [-0.4, -0.2) is 15.7 Å². The third kappa shape index (κ3) is 3.59. The Morgan fingerprint density at radius 1 is 1.29 bits per heavy atom. The summed E-state index contributed by atoms with van der Waals surface area (Å²) < 4.78 is 1.77. The van der Waals surface area contributed by atoms with E-state index in [1.807, 2.05) is 14.0 Å². The zero-order chi connectivity index (χ0) is 15.8. The van der Waals surface area contributed by atoms with Crippen LogP contribution in [0.5, 0.6) is 0 Å². The molecule has 2 nitrogen and oxygen atoms in total. The van der Waals surface area contributed by atoms with Crippen LogP contribution >= 0.6 is 23.2 Å². The van der Waals surface area contributed by atoms with Gasteiger partial charge in [-0.25, -0.2) is 0 Å². The Balaban J connectivity index is 2.14. The van der Waals surface area contributed by atoms with Crippen molar-refractivity contribution in [3.63, 3.8) is 0 Å². The van der Waals surface area contributed by atoms with E-state index in [-0.39, 0.29) is 5.41 Å².